The van der Waals surface area contributed by atoms with Crippen LogP contribution in [-0.2, 0) is 9.84 Å². The average Bonchev–Trinajstić information content (AvgIpc) is 3.20. The van der Waals surface area contributed by atoms with Gasteiger partial charge in [-0.3, -0.25) is 4.79 Å². The lowest BCUT2D eigenvalue weighted by Gasteiger charge is -2.38. The smallest absolute Gasteiger partial charge is 0.254 e. The molecule has 0 radical (unpaired) electrons. The number of benzene rings is 1. The number of fused-ring (bicyclic) bond motifs is 2. The number of thiophene rings is 1. The molecule has 0 saturated carbocycles. The van der Waals surface area contributed by atoms with Gasteiger partial charge >= 0.3 is 0 Å². The first kappa shape index (κ1) is 16.8. The quantitative estimate of drug-likeness (QED) is 0.824. The van der Waals surface area contributed by atoms with Crippen LogP contribution in [0.2, 0.25) is 0 Å². The van der Waals surface area contributed by atoms with Crippen molar-refractivity contribution in [3.8, 4) is 10.4 Å². The summed E-state index contributed by atoms with van der Waals surface area (Å²) < 4.78 is 23.8. The zero-order chi connectivity index (χ0) is 17.6. The Kier molecular flexibility index (Phi) is 4.20. The van der Waals surface area contributed by atoms with E-state index in [1.54, 1.807) is 11.3 Å². The Morgan fingerprint density at radius 1 is 1.08 bits per heavy atom. The number of sulfone groups is 1. The number of nitrogens with zero attached hydrogens (tertiary/aromatic N) is 1. The zero-order valence-corrected chi connectivity index (χ0v) is 15.7. The largest absolute Gasteiger partial charge is 0.333 e. The topological polar surface area (TPSA) is 54.5 Å². The van der Waals surface area contributed by atoms with E-state index >= 15 is 0 Å². The van der Waals surface area contributed by atoms with E-state index in [1.165, 1.54) is 11.1 Å². The van der Waals surface area contributed by atoms with Crippen molar-refractivity contribution >= 4 is 27.1 Å². The van der Waals surface area contributed by atoms with E-state index in [1.807, 2.05) is 40.6 Å². The summed E-state index contributed by atoms with van der Waals surface area (Å²) in [5.74, 6) is 0.0391. The molecule has 2 bridgehead atoms. The van der Waals surface area contributed by atoms with Crippen LogP contribution in [-0.4, -0.2) is 42.8 Å². The van der Waals surface area contributed by atoms with Crippen molar-refractivity contribution in [1.29, 1.82) is 0 Å². The van der Waals surface area contributed by atoms with Crippen LogP contribution in [0.4, 0.5) is 0 Å². The average molecular weight is 376 g/mol. The molecule has 4 nitrogen and oxygen atoms in total. The Balaban J connectivity index is 1.54. The van der Waals surface area contributed by atoms with Crippen molar-refractivity contribution in [2.45, 2.75) is 43.0 Å². The maximum Gasteiger partial charge on any atom is 0.254 e. The number of rotatable bonds is 3. The Hall–Kier alpha value is -1.66. The maximum absolute atomic E-state index is 13.0. The van der Waals surface area contributed by atoms with Gasteiger partial charge in [-0.1, -0.05) is 18.2 Å². The normalized spacial score (nSPS) is 26.0. The first-order chi connectivity index (χ1) is 11.9. The lowest BCUT2D eigenvalue weighted by molar-refractivity contribution is 0.0598. The Bertz CT molecular complexity index is 858. The minimum Gasteiger partial charge on any atom is -0.333 e. The van der Waals surface area contributed by atoms with Crippen LogP contribution in [0.25, 0.3) is 10.4 Å². The van der Waals surface area contributed by atoms with Crippen LogP contribution in [0.5, 0.6) is 0 Å². The molecule has 132 valence electrons. The molecule has 2 saturated heterocycles. The predicted octanol–water partition coefficient (Wildman–Crippen LogP) is 3.60. The van der Waals surface area contributed by atoms with Gasteiger partial charge in [0.2, 0.25) is 0 Å². The molecule has 2 aliphatic heterocycles. The van der Waals surface area contributed by atoms with Gasteiger partial charge in [0, 0.05) is 28.8 Å². The fourth-order valence-electron chi connectivity index (χ4n) is 4.18. The summed E-state index contributed by atoms with van der Waals surface area (Å²) in [6.07, 6.45) is 4.30. The summed E-state index contributed by atoms with van der Waals surface area (Å²) in [4.78, 5) is 16.1. The molecule has 0 aliphatic carbocycles. The SMILES string of the molecule is CS(=O)(=O)C1C[C@H]2CC[C@@H](C1)N2C(=O)c1ccc(-c2cccs2)cc1. The number of carbonyl (C=O) groups is 1. The summed E-state index contributed by atoms with van der Waals surface area (Å²) in [5, 5.41) is 1.74. The number of piperidine rings is 1. The lowest BCUT2D eigenvalue weighted by Crippen LogP contribution is -2.49. The predicted molar refractivity (Wildman–Crippen MR) is 101 cm³/mol. The van der Waals surface area contributed by atoms with Crippen molar-refractivity contribution in [2.75, 3.05) is 6.26 Å². The Labute approximate surface area is 152 Å². The van der Waals surface area contributed by atoms with Crippen LogP contribution >= 0.6 is 11.3 Å². The highest BCUT2D eigenvalue weighted by Gasteiger charge is 2.45. The summed E-state index contributed by atoms with van der Waals surface area (Å²) in [5.41, 5.74) is 1.81. The molecule has 2 fully saturated rings. The second kappa shape index (κ2) is 6.25. The van der Waals surface area contributed by atoms with E-state index in [0.717, 1.165) is 18.4 Å². The third-order valence-electron chi connectivity index (χ3n) is 5.47. The van der Waals surface area contributed by atoms with Crippen LogP contribution < -0.4 is 0 Å². The highest BCUT2D eigenvalue weighted by atomic mass is 32.2. The minimum absolute atomic E-state index is 0.0391. The zero-order valence-electron chi connectivity index (χ0n) is 14.1. The van der Waals surface area contributed by atoms with E-state index in [4.69, 9.17) is 0 Å². The van der Waals surface area contributed by atoms with E-state index < -0.39 is 9.84 Å². The highest BCUT2D eigenvalue weighted by Crippen LogP contribution is 2.39. The van der Waals surface area contributed by atoms with E-state index in [9.17, 15) is 13.2 Å². The third-order valence-corrected chi connectivity index (χ3v) is 7.98. The van der Waals surface area contributed by atoms with Gasteiger partial charge in [-0.05, 0) is 54.8 Å². The van der Waals surface area contributed by atoms with Crippen molar-refractivity contribution in [3.63, 3.8) is 0 Å². The third kappa shape index (κ3) is 3.13. The number of hydrogen-bond acceptors (Lipinski definition) is 4. The molecule has 6 heteroatoms. The molecule has 0 N–H and O–H groups in total. The van der Waals surface area contributed by atoms with Crippen LogP contribution in [0.3, 0.4) is 0 Å². The van der Waals surface area contributed by atoms with Gasteiger partial charge in [-0.2, -0.15) is 0 Å². The summed E-state index contributed by atoms with van der Waals surface area (Å²) in [6, 6.07) is 12.0. The molecule has 2 aromatic rings. The number of carbonyl (C=O) groups excluding carboxylic acids is 1. The maximum atomic E-state index is 13.0. The van der Waals surface area contributed by atoms with E-state index in [0.29, 0.717) is 18.4 Å². The molecule has 0 spiro atoms. The van der Waals surface area contributed by atoms with Gasteiger partial charge in [-0.15, -0.1) is 11.3 Å². The first-order valence-corrected chi connectivity index (χ1v) is 11.4. The molecule has 1 unspecified atom stereocenters. The summed E-state index contributed by atoms with van der Waals surface area (Å²) >= 11 is 1.68. The highest BCUT2D eigenvalue weighted by molar-refractivity contribution is 7.91. The van der Waals surface area contributed by atoms with Crippen molar-refractivity contribution in [2.24, 2.45) is 0 Å². The molecule has 1 amide bonds. The Morgan fingerprint density at radius 2 is 1.72 bits per heavy atom. The molecular formula is C19H21NO3S2. The Morgan fingerprint density at radius 3 is 2.24 bits per heavy atom. The lowest BCUT2D eigenvalue weighted by atomic mass is 10.0. The van der Waals surface area contributed by atoms with Crippen molar-refractivity contribution in [1.82, 2.24) is 4.90 Å². The standard InChI is InChI=1S/C19H21NO3S2/c1-25(22,23)17-11-15-8-9-16(12-17)20(15)19(21)14-6-4-13(5-7-14)18-3-2-10-24-18/h2-7,10,15-17H,8-9,11-12H2,1H3/t15-,16+,17?. The fourth-order valence-corrected chi connectivity index (χ4v) is 6.05. The minimum atomic E-state index is -3.03. The molecule has 25 heavy (non-hydrogen) atoms. The fraction of sp³-hybridized carbons (Fsp3) is 0.421. The van der Waals surface area contributed by atoms with Crippen molar-refractivity contribution < 1.29 is 13.2 Å². The molecule has 2 aliphatic rings. The van der Waals surface area contributed by atoms with Gasteiger partial charge in [0.15, 0.2) is 0 Å². The molecule has 3 atom stereocenters. The van der Waals surface area contributed by atoms with E-state index in [2.05, 4.69) is 6.07 Å². The molecule has 3 heterocycles. The number of hydrogen-bond donors (Lipinski definition) is 0. The van der Waals surface area contributed by atoms with Gasteiger partial charge in [0.1, 0.15) is 9.84 Å². The van der Waals surface area contributed by atoms with E-state index in [-0.39, 0.29) is 23.2 Å². The monoisotopic (exact) mass is 375 g/mol. The first-order valence-electron chi connectivity index (χ1n) is 8.59. The summed E-state index contributed by atoms with van der Waals surface area (Å²) in [6.45, 7) is 0. The van der Waals surface area contributed by atoms with Gasteiger partial charge in [0.05, 0.1) is 5.25 Å². The summed E-state index contributed by atoms with van der Waals surface area (Å²) in [7, 11) is -3.03. The van der Waals surface area contributed by atoms with Gasteiger partial charge in [-0.25, -0.2) is 8.42 Å². The second-order valence-electron chi connectivity index (χ2n) is 7.08. The van der Waals surface area contributed by atoms with Crippen molar-refractivity contribution in [3.05, 3.63) is 47.3 Å². The molecular weight excluding hydrogens is 354 g/mol. The van der Waals surface area contributed by atoms with Gasteiger partial charge in [0.25, 0.3) is 5.91 Å². The second-order valence-corrected chi connectivity index (χ2v) is 10.3. The van der Waals surface area contributed by atoms with Gasteiger partial charge < -0.3 is 4.90 Å². The molecule has 1 aromatic carbocycles. The number of amides is 1. The van der Waals surface area contributed by atoms with Crippen LogP contribution in [0.15, 0.2) is 41.8 Å². The molecule has 1 aromatic heterocycles. The van der Waals surface area contributed by atoms with Crippen LogP contribution in [0.1, 0.15) is 36.0 Å². The van der Waals surface area contributed by atoms with Crippen LogP contribution in [0, 0.1) is 0 Å². The molecule has 4 rings (SSSR count).